The molecule has 0 bridgehead atoms. The van der Waals surface area contributed by atoms with Crippen molar-refractivity contribution in [2.45, 2.75) is 18.9 Å². The van der Waals surface area contributed by atoms with Gasteiger partial charge in [-0.1, -0.05) is 0 Å². The van der Waals surface area contributed by atoms with Gasteiger partial charge in [0.15, 0.2) is 0 Å². The first kappa shape index (κ1) is 13.4. The second-order valence-electron chi connectivity index (χ2n) is 4.77. The third-order valence-corrected chi connectivity index (χ3v) is 2.88. The number of piperidine rings is 1. The van der Waals surface area contributed by atoms with Crippen molar-refractivity contribution in [3.05, 3.63) is 0 Å². The molecular weight excluding hydrogens is 204 g/mol. The predicted octanol–water partition coefficient (Wildman–Crippen LogP) is -0.913. The van der Waals surface area contributed by atoms with Gasteiger partial charge in [-0.25, -0.2) is 0 Å². The smallest absolute Gasteiger partial charge is 0.234 e. The summed E-state index contributed by atoms with van der Waals surface area (Å²) < 4.78 is 0. The molecule has 1 aliphatic heterocycles. The van der Waals surface area contributed by atoms with E-state index in [0.29, 0.717) is 12.6 Å². The van der Waals surface area contributed by atoms with E-state index in [2.05, 4.69) is 15.1 Å². The molecule has 1 aliphatic rings. The van der Waals surface area contributed by atoms with Crippen molar-refractivity contribution in [1.29, 1.82) is 0 Å². The van der Waals surface area contributed by atoms with Gasteiger partial charge >= 0.3 is 0 Å². The minimum atomic E-state index is 0.123. The highest BCUT2D eigenvalue weighted by atomic mass is 16.2. The van der Waals surface area contributed by atoms with Crippen LogP contribution >= 0.6 is 0 Å². The van der Waals surface area contributed by atoms with Gasteiger partial charge in [-0.2, -0.15) is 0 Å². The molecule has 0 radical (unpaired) electrons. The molecule has 0 aromatic rings. The molecule has 1 saturated heterocycles. The zero-order valence-corrected chi connectivity index (χ0v) is 10.4. The average Bonchev–Trinajstić information content (AvgIpc) is 2.21. The molecule has 0 spiro atoms. The number of likely N-dealkylation sites (tertiary alicyclic amines) is 1. The number of carbonyl (C=O) groups is 1. The molecule has 1 fully saturated rings. The number of amides is 1. The van der Waals surface area contributed by atoms with Crippen LogP contribution < -0.4 is 11.1 Å². The van der Waals surface area contributed by atoms with Gasteiger partial charge in [-0.05, 0) is 26.9 Å². The van der Waals surface area contributed by atoms with Gasteiger partial charge in [0.1, 0.15) is 0 Å². The van der Waals surface area contributed by atoms with Gasteiger partial charge in [0.2, 0.25) is 5.91 Å². The van der Waals surface area contributed by atoms with Crippen molar-refractivity contribution in [2.24, 2.45) is 5.73 Å². The summed E-state index contributed by atoms with van der Waals surface area (Å²) in [7, 11) is 4.00. The number of nitrogens with zero attached hydrogens (tertiary/aromatic N) is 2. The van der Waals surface area contributed by atoms with Crippen LogP contribution in [0.1, 0.15) is 12.8 Å². The topological polar surface area (TPSA) is 61.6 Å². The quantitative estimate of drug-likeness (QED) is 0.639. The summed E-state index contributed by atoms with van der Waals surface area (Å²) in [6, 6.07) is 0.327. The third kappa shape index (κ3) is 5.44. The number of nitrogens with one attached hydrogen (secondary N) is 1. The van der Waals surface area contributed by atoms with Gasteiger partial charge in [-0.15, -0.1) is 0 Å². The van der Waals surface area contributed by atoms with Crippen LogP contribution in [0.25, 0.3) is 0 Å². The number of hydrogen-bond acceptors (Lipinski definition) is 4. The zero-order chi connectivity index (χ0) is 12.0. The van der Waals surface area contributed by atoms with Crippen molar-refractivity contribution in [2.75, 3.05) is 46.8 Å². The molecule has 0 aromatic carbocycles. The number of nitrogens with two attached hydrogens (primary N) is 1. The Balaban J connectivity index is 2.09. The van der Waals surface area contributed by atoms with Crippen LogP contribution in [0.3, 0.4) is 0 Å². The van der Waals surface area contributed by atoms with E-state index < -0.39 is 0 Å². The SMILES string of the molecule is CN(C)CCNC(=O)CN1CCC(N)CC1. The minimum absolute atomic E-state index is 0.123. The largest absolute Gasteiger partial charge is 0.354 e. The fourth-order valence-corrected chi connectivity index (χ4v) is 1.79. The molecule has 5 nitrogen and oxygen atoms in total. The van der Waals surface area contributed by atoms with E-state index in [1.54, 1.807) is 0 Å². The number of rotatable bonds is 5. The lowest BCUT2D eigenvalue weighted by Gasteiger charge is -2.29. The van der Waals surface area contributed by atoms with E-state index >= 15 is 0 Å². The zero-order valence-electron chi connectivity index (χ0n) is 10.4. The maximum atomic E-state index is 11.6. The first-order chi connectivity index (χ1) is 7.58. The third-order valence-electron chi connectivity index (χ3n) is 2.88. The van der Waals surface area contributed by atoms with Gasteiger partial charge in [0.25, 0.3) is 0 Å². The summed E-state index contributed by atoms with van der Waals surface area (Å²) in [5.74, 6) is 0.123. The molecular formula is C11H24N4O. The van der Waals surface area contributed by atoms with Crippen molar-refractivity contribution in [3.63, 3.8) is 0 Å². The summed E-state index contributed by atoms with van der Waals surface area (Å²) in [5.41, 5.74) is 5.81. The number of likely N-dealkylation sites (N-methyl/N-ethyl adjacent to an activating group) is 1. The normalized spacial score (nSPS) is 19.0. The lowest BCUT2D eigenvalue weighted by atomic mass is 10.1. The fourth-order valence-electron chi connectivity index (χ4n) is 1.79. The Morgan fingerprint density at radius 1 is 1.44 bits per heavy atom. The molecule has 1 heterocycles. The summed E-state index contributed by atoms with van der Waals surface area (Å²) in [5, 5.41) is 2.92. The average molecular weight is 228 g/mol. The molecule has 1 rings (SSSR count). The van der Waals surface area contributed by atoms with Gasteiger partial charge in [0, 0.05) is 32.2 Å². The second-order valence-corrected chi connectivity index (χ2v) is 4.77. The Labute approximate surface area is 98.0 Å². The summed E-state index contributed by atoms with van der Waals surface area (Å²) in [4.78, 5) is 15.8. The lowest BCUT2D eigenvalue weighted by Crippen LogP contribution is -2.45. The standard InChI is InChI=1S/C11H24N4O/c1-14(2)8-5-13-11(16)9-15-6-3-10(12)4-7-15/h10H,3-9,12H2,1-2H3,(H,13,16). The lowest BCUT2D eigenvalue weighted by molar-refractivity contribution is -0.122. The van der Waals surface area contributed by atoms with Gasteiger partial charge in [0.05, 0.1) is 6.54 Å². The van der Waals surface area contributed by atoms with E-state index in [-0.39, 0.29) is 5.91 Å². The Bertz CT molecular complexity index is 212. The summed E-state index contributed by atoms with van der Waals surface area (Å²) in [6.07, 6.45) is 2.01. The van der Waals surface area contributed by atoms with Crippen molar-refractivity contribution in [3.8, 4) is 0 Å². The first-order valence-corrected chi connectivity index (χ1v) is 5.97. The molecule has 0 aromatic heterocycles. The van der Waals surface area contributed by atoms with Crippen LogP contribution in [-0.4, -0.2) is 68.6 Å². The maximum Gasteiger partial charge on any atom is 0.234 e. The van der Waals surface area contributed by atoms with Crippen LogP contribution in [0.4, 0.5) is 0 Å². The molecule has 0 aliphatic carbocycles. The highest BCUT2D eigenvalue weighted by molar-refractivity contribution is 5.78. The van der Waals surface area contributed by atoms with Crippen LogP contribution in [-0.2, 0) is 4.79 Å². The number of hydrogen-bond donors (Lipinski definition) is 2. The highest BCUT2D eigenvalue weighted by Gasteiger charge is 2.17. The van der Waals surface area contributed by atoms with Gasteiger partial charge < -0.3 is 16.0 Å². The Hall–Kier alpha value is -0.650. The molecule has 5 heteroatoms. The second kappa shape index (κ2) is 6.83. The van der Waals surface area contributed by atoms with E-state index in [4.69, 9.17) is 5.73 Å². The molecule has 0 unspecified atom stereocenters. The van der Waals surface area contributed by atoms with E-state index in [1.165, 1.54) is 0 Å². The van der Waals surface area contributed by atoms with Crippen molar-refractivity contribution < 1.29 is 4.79 Å². The number of carbonyl (C=O) groups excluding carboxylic acids is 1. The Morgan fingerprint density at radius 3 is 2.62 bits per heavy atom. The van der Waals surface area contributed by atoms with Crippen LogP contribution in [0.2, 0.25) is 0 Å². The van der Waals surface area contributed by atoms with Crippen LogP contribution in [0.5, 0.6) is 0 Å². The van der Waals surface area contributed by atoms with Crippen molar-refractivity contribution in [1.82, 2.24) is 15.1 Å². The fraction of sp³-hybridized carbons (Fsp3) is 0.909. The van der Waals surface area contributed by atoms with E-state index in [9.17, 15) is 4.79 Å². The molecule has 1 amide bonds. The Kier molecular flexibility index (Phi) is 5.73. The first-order valence-electron chi connectivity index (χ1n) is 5.97. The summed E-state index contributed by atoms with van der Waals surface area (Å²) >= 11 is 0. The molecule has 16 heavy (non-hydrogen) atoms. The molecule has 0 atom stereocenters. The predicted molar refractivity (Wildman–Crippen MR) is 65.2 cm³/mol. The molecule has 94 valence electrons. The maximum absolute atomic E-state index is 11.6. The van der Waals surface area contributed by atoms with E-state index in [0.717, 1.165) is 39.0 Å². The minimum Gasteiger partial charge on any atom is -0.354 e. The van der Waals surface area contributed by atoms with Gasteiger partial charge in [-0.3, -0.25) is 9.69 Å². The Morgan fingerprint density at radius 2 is 2.06 bits per heavy atom. The monoisotopic (exact) mass is 228 g/mol. The van der Waals surface area contributed by atoms with Crippen molar-refractivity contribution >= 4 is 5.91 Å². The highest BCUT2D eigenvalue weighted by Crippen LogP contribution is 2.06. The van der Waals surface area contributed by atoms with Crippen LogP contribution in [0.15, 0.2) is 0 Å². The summed E-state index contributed by atoms with van der Waals surface area (Å²) in [6.45, 7) is 4.01. The van der Waals surface area contributed by atoms with Crippen LogP contribution in [0, 0.1) is 0 Å². The molecule has 0 saturated carbocycles. The molecule has 3 N–H and O–H groups in total. The van der Waals surface area contributed by atoms with E-state index in [1.807, 2.05) is 14.1 Å².